The predicted molar refractivity (Wildman–Crippen MR) is 138 cm³/mol. The van der Waals surface area contributed by atoms with Gasteiger partial charge in [-0.25, -0.2) is 0 Å². The molecule has 0 amide bonds. The lowest BCUT2D eigenvalue weighted by atomic mass is 9.78. The summed E-state index contributed by atoms with van der Waals surface area (Å²) in [5, 5.41) is 22.8. The van der Waals surface area contributed by atoms with Crippen molar-refractivity contribution in [2.24, 2.45) is 0 Å². The number of benzene rings is 4. The summed E-state index contributed by atoms with van der Waals surface area (Å²) in [6.07, 6.45) is 0. The highest BCUT2D eigenvalue weighted by Gasteiger charge is 2.17. The minimum atomic E-state index is -1.51. The van der Waals surface area contributed by atoms with Crippen LogP contribution < -0.4 is 14.9 Å². The van der Waals surface area contributed by atoms with Crippen molar-refractivity contribution in [3.8, 4) is 11.5 Å². The van der Waals surface area contributed by atoms with Gasteiger partial charge < -0.3 is 33.5 Å². The minimum Gasteiger partial charge on any atom is -0.497 e. The molecule has 0 spiro atoms. The first kappa shape index (κ1) is 27.2. The SMILES string of the molecule is COB(OC)OC.COc1cc2ccccc2cc1B(O)O.COc1ccc2ccccc2c1. The Hall–Kier alpha value is -3.07. The summed E-state index contributed by atoms with van der Waals surface area (Å²) in [6, 6.07) is 25.5. The number of rotatable bonds is 6. The van der Waals surface area contributed by atoms with Crippen LogP contribution in [0.15, 0.2) is 78.9 Å². The van der Waals surface area contributed by atoms with Gasteiger partial charge in [0.15, 0.2) is 0 Å². The molecule has 7 nitrogen and oxygen atoms in total. The van der Waals surface area contributed by atoms with Crippen molar-refractivity contribution in [1.29, 1.82) is 0 Å². The highest BCUT2D eigenvalue weighted by molar-refractivity contribution is 6.60. The molecule has 0 saturated heterocycles. The quantitative estimate of drug-likeness (QED) is 0.424. The fourth-order valence-corrected chi connectivity index (χ4v) is 3.20. The molecule has 0 fully saturated rings. The molecule has 0 bridgehead atoms. The number of hydrogen-bond donors (Lipinski definition) is 2. The zero-order chi connectivity index (χ0) is 24.9. The smallest absolute Gasteiger partial charge is 0.497 e. The van der Waals surface area contributed by atoms with Crippen LogP contribution in [-0.2, 0) is 14.0 Å². The largest absolute Gasteiger partial charge is 0.638 e. The molecule has 0 unspecified atom stereocenters. The Morgan fingerprint density at radius 3 is 1.50 bits per heavy atom. The van der Waals surface area contributed by atoms with Crippen LogP contribution in [0.25, 0.3) is 21.5 Å². The van der Waals surface area contributed by atoms with Crippen molar-refractivity contribution < 1.29 is 33.5 Å². The lowest BCUT2D eigenvalue weighted by Gasteiger charge is -2.09. The number of methoxy groups -OCH3 is 2. The third-order valence-electron chi connectivity index (χ3n) is 4.91. The van der Waals surface area contributed by atoms with Gasteiger partial charge in [0, 0.05) is 26.8 Å². The van der Waals surface area contributed by atoms with E-state index in [1.807, 2.05) is 48.5 Å². The van der Waals surface area contributed by atoms with Gasteiger partial charge in [0.2, 0.25) is 0 Å². The average Bonchev–Trinajstić information content (AvgIpc) is 2.89. The molecule has 2 N–H and O–H groups in total. The summed E-state index contributed by atoms with van der Waals surface area (Å²) < 4.78 is 24.0. The molecule has 0 aliphatic heterocycles. The third-order valence-corrected chi connectivity index (χ3v) is 4.91. The minimum absolute atomic E-state index is 0.385. The van der Waals surface area contributed by atoms with Gasteiger partial charge in [-0.1, -0.05) is 60.7 Å². The van der Waals surface area contributed by atoms with Gasteiger partial charge >= 0.3 is 14.4 Å². The summed E-state index contributed by atoms with van der Waals surface area (Å²) >= 11 is 0. The highest BCUT2D eigenvalue weighted by Crippen LogP contribution is 2.20. The molecular formula is C25H30B2O7. The molecule has 4 rings (SSSR count). The fraction of sp³-hybridized carbons (Fsp3) is 0.200. The lowest BCUT2D eigenvalue weighted by Crippen LogP contribution is -2.31. The molecule has 178 valence electrons. The Kier molecular flexibility index (Phi) is 11.4. The molecule has 0 aliphatic carbocycles. The molecule has 9 heteroatoms. The Bertz CT molecular complexity index is 1140. The normalized spacial score (nSPS) is 9.97. The van der Waals surface area contributed by atoms with Gasteiger partial charge in [-0.2, -0.15) is 0 Å². The first-order valence-corrected chi connectivity index (χ1v) is 10.5. The molecular weight excluding hydrogens is 434 g/mol. The van der Waals surface area contributed by atoms with E-state index in [-0.39, 0.29) is 0 Å². The maximum absolute atomic E-state index is 9.17. The number of hydrogen-bond acceptors (Lipinski definition) is 7. The fourth-order valence-electron chi connectivity index (χ4n) is 3.20. The molecule has 34 heavy (non-hydrogen) atoms. The summed E-state index contributed by atoms with van der Waals surface area (Å²) in [5.41, 5.74) is 0.385. The van der Waals surface area contributed by atoms with Gasteiger partial charge in [-0.15, -0.1) is 0 Å². The maximum atomic E-state index is 9.17. The van der Waals surface area contributed by atoms with Crippen molar-refractivity contribution in [3.63, 3.8) is 0 Å². The summed E-state index contributed by atoms with van der Waals surface area (Å²) in [4.78, 5) is 0. The molecule has 0 aliphatic rings. The number of ether oxygens (including phenoxy) is 2. The Morgan fingerprint density at radius 1 is 0.559 bits per heavy atom. The maximum Gasteiger partial charge on any atom is 0.638 e. The van der Waals surface area contributed by atoms with E-state index in [4.69, 9.17) is 9.47 Å². The van der Waals surface area contributed by atoms with Crippen LogP contribution in [-0.4, -0.2) is 60.0 Å². The van der Waals surface area contributed by atoms with E-state index < -0.39 is 14.4 Å². The second-order valence-electron chi connectivity index (χ2n) is 7.02. The van der Waals surface area contributed by atoms with Gasteiger partial charge in [0.1, 0.15) is 11.5 Å². The molecule has 0 saturated carbocycles. The third kappa shape index (κ3) is 7.76. The van der Waals surface area contributed by atoms with Gasteiger partial charge in [-0.05, 0) is 39.7 Å². The van der Waals surface area contributed by atoms with E-state index in [1.54, 1.807) is 19.2 Å². The van der Waals surface area contributed by atoms with E-state index in [2.05, 4.69) is 32.2 Å². The highest BCUT2D eigenvalue weighted by atomic mass is 16.7. The van der Waals surface area contributed by atoms with Crippen LogP contribution in [0.1, 0.15) is 0 Å². The first-order valence-electron chi connectivity index (χ1n) is 10.5. The molecule has 0 aromatic heterocycles. The average molecular weight is 464 g/mol. The second kappa shape index (κ2) is 14.2. The molecule has 4 aromatic carbocycles. The molecule has 0 heterocycles. The lowest BCUT2D eigenvalue weighted by molar-refractivity contribution is 0.163. The van der Waals surface area contributed by atoms with Crippen LogP contribution in [0.2, 0.25) is 0 Å². The van der Waals surface area contributed by atoms with Crippen molar-refractivity contribution >= 4 is 41.4 Å². The van der Waals surface area contributed by atoms with Crippen molar-refractivity contribution in [3.05, 3.63) is 78.9 Å². The standard InChI is InChI=1S/C11H11BO3.C11H10O.C3H9BO3/c1-15-11-7-9-5-3-2-4-8(9)6-10(11)12(13)14;1-12-11-7-6-9-4-2-3-5-10(9)8-11;1-5-4(6-2)7-3/h2-7,13-14H,1H3;2-8H,1H3;1-3H3. The predicted octanol–water partition coefficient (Wildman–Crippen LogP) is 3.29. The monoisotopic (exact) mass is 464 g/mol. The summed E-state index contributed by atoms with van der Waals surface area (Å²) in [6.45, 7) is 0. The molecule has 0 radical (unpaired) electrons. The Labute approximate surface area is 201 Å². The molecule has 0 atom stereocenters. The van der Waals surface area contributed by atoms with Crippen LogP contribution >= 0.6 is 0 Å². The Morgan fingerprint density at radius 2 is 1.06 bits per heavy atom. The Balaban J connectivity index is 0.000000193. The summed E-state index contributed by atoms with van der Waals surface area (Å²) in [7, 11) is 5.71. The summed E-state index contributed by atoms with van der Waals surface area (Å²) in [5.74, 6) is 1.40. The van der Waals surface area contributed by atoms with E-state index >= 15 is 0 Å². The van der Waals surface area contributed by atoms with E-state index in [0.717, 1.165) is 16.5 Å². The first-order chi connectivity index (χ1) is 16.5. The van der Waals surface area contributed by atoms with Crippen molar-refractivity contribution in [2.45, 2.75) is 0 Å². The van der Waals surface area contributed by atoms with Crippen LogP contribution in [0.4, 0.5) is 0 Å². The zero-order valence-corrected chi connectivity index (χ0v) is 20.1. The topological polar surface area (TPSA) is 86.6 Å². The van der Waals surface area contributed by atoms with Gasteiger partial charge in [0.05, 0.1) is 14.2 Å². The molecule has 4 aromatic rings. The van der Waals surface area contributed by atoms with E-state index in [9.17, 15) is 10.0 Å². The van der Waals surface area contributed by atoms with Crippen molar-refractivity contribution in [2.75, 3.05) is 35.5 Å². The van der Waals surface area contributed by atoms with Crippen molar-refractivity contribution in [1.82, 2.24) is 0 Å². The zero-order valence-electron chi connectivity index (χ0n) is 20.1. The van der Waals surface area contributed by atoms with Crippen LogP contribution in [0.5, 0.6) is 11.5 Å². The van der Waals surface area contributed by atoms with Crippen LogP contribution in [0.3, 0.4) is 0 Å². The van der Waals surface area contributed by atoms with Crippen LogP contribution in [0, 0.1) is 0 Å². The van der Waals surface area contributed by atoms with Gasteiger partial charge in [-0.3, -0.25) is 0 Å². The van der Waals surface area contributed by atoms with E-state index in [0.29, 0.717) is 11.2 Å². The van der Waals surface area contributed by atoms with Gasteiger partial charge in [0.25, 0.3) is 0 Å². The van der Waals surface area contributed by atoms with E-state index in [1.165, 1.54) is 39.2 Å². The number of fused-ring (bicyclic) bond motifs is 2. The second-order valence-corrected chi connectivity index (χ2v) is 7.02.